The average Bonchev–Trinajstić information content (AvgIpc) is 2.87. The van der Waals surface area contributed by atoms with Crippen molar-refractivity contribution in [1.82, 2.24) is 0 Å². The number of hydrogen-bond acceptors (Lipinski definition) is 9. The van der Waals surface area contributed by atoms with Gasteiger partial charge in [-0.2, -0.15) is 5.26 Å². The summed E-state index contributed by atoms with van der Waals surface area (Å²) in [5.74, 6) is -3.64. The minimum absolute atomic E-state index is 0.0273. The monoisotopic (exact) mass is 509 g/mol. The quantitative estimate of drug-likeness (QED) is 0.456. The van der Waals surface area contributed by atoms with E-state index in [9.17, 15) is 19.6 Å². The van der Waals surface area contributed by atoms with Gasteiger partial charge in [-0.15, -0.1) is 0 Å². The molecule has 0 amide bonds. The molecule has 0 saturated heterocycles. The van der Waals surface area contributed by atoms with Crippen LogP contribution in [0, 0.1) is 11.3 Å². The van der Waals surface area contributed by atoms with Gasteiger partial charge < -0.3 is 19.9 Å². The molecule has 0 aromatic heterocycles. The van der Waals surface area contributed by atoms with Gasteiger partial charge in [-0.05, 0) is 37.6 Å². The van der Waals surface area contributed by atoms with Crippen LogP contribution in [0.15, 0.2) is 71.2 Å². The molecule has 2 aromatic rings. The maximum atomic E-state index is 13.1. The number of rotatable bonds is 6. The van der Waals surface area contributed by atoms with E-state index in [-0.39, 0.29) is 45.0 Å². The molecule has 2 aromatic carbocycles. The zero-order chi connectivity index (χ0) is 26.6. The fraction of sp³-hybridized carbons (Fsp3) is 0.231. The van der Waals surface area contributed by atoms with Crippen LogP contribution in [0.3, 0.4) is 0 Å². The van der Waals surface area contributed by atoms with Crippen LogP contribution in [0.1, 0.15) is 35.7 Å². The van der Waals surface area contributed by atoms with E-state index in [1.165, 1.54) is 18.2 Å². The highest BCUT2D eigenvalue weighted by atomic mass is 35.5. The van der Waals surface area contributed by atoms with Gasteiger partial charge in [-0.25, -0.2) is 14.4 Å². The smallest absolute Gasteiger partial charge is 0.355 e. The minimum atomic E-state index is -1.03. The number of hydrogen-bond donors (Lipinski definition) is 1. The second-order valence-corrected chi connectivity index (χ2v) is 8.36. The molecule has 9 nitrogen and oxygen atoms in total. The molecule has 10 heteroatoms. The molecule has 0 aliphatic carbocycles. The van der Waals surface area contributed by atoms with Crippen LogP contribution >= 0.6 is 11.6 Å². The molecule has 3 rings (SSSR count). The number of nitriles is 1. The minimum Gasteiger partial charge on any atom is -0.466 e. The fourth-order valence-corrected chi connectivity index (χ4v) is 4.06. The Morgan fingerprint density at radius 1 is 1.03 bits per heavy atom. The number of allylic oxidation sites excluding steroid dienone is 1. The molecule has 36 heavy (non-hydrogen) atoms. The lowest BCUT2D eigenvalue weighted by Gasteiger charge is -2.36. The first-order valence-corrected chi connectivity index (χ1v) is 11.2. The molecule has 186 valence electrons. The van der Waals surface area contributed by atoms with Gasteiger partial charge >= 0.3 is 17.9 Å². The number of nitrogens with two attached hydrogens (primary N) is 1. The van der Waals surface area contributed by atoms with Crippen LogP contribution in [-0.4, -0.2) is 38.2 Å². The van der Waals surface area contributed by atoms with Crippen molar-refractivity contribution in [2.45, 2.75) is 25.9 Å². The number of anilines is 1. The van der Waals surface area contributed by atoms with Gasteiger partial charge in [0, 0.05) is 0 Å². The molecule has 1 atom stereocenters. The van der Waals surface area contributed by atoms with Crippen molar-refractivity contribution in [3.8, 4) is 6.07 Å². The highest BCUT2D eigenvalue weighted by molar-refractivity contribution is 6.33. The molecule has 0 saturated carbocycles. The number of benzene rings is 2. The summed E-state index contributed by atoms with van der Waals surface area (Å²) in [4.78, 5) is 40.0. The van der Waals surface area contributed by atoms with Crippen LogP contribution in [0.4, 0.5) is 5.69 Å². The first-order chi connectivity index (χ1) is 17.2. The number of ether oxygens (including phenoxy) is 3. The molecular formula is C26H24ClN3O6. The van der Waals surface area contributed by atoms with Crippen molar-refractivity contribution < 1.29 is 28.6 Å². The standard InChI is InChI=1S/C26H24ClN3O6/c1-14(2)36-24(31)16-10-11-18(27)19(12-16)30-22(26(33)35-4)21(25(32)34-3)20(17(13-28)23(30)29)15-8-6-5-7-9-15/h5-12,14,20H,29H2,1-4H3. The molecule has 0 spiro atoms. The number of esters is 3. The summed E-state index contributed by atoms with van der Waals surface area (Å²) in [5, 5.41) is 10.2. The second-order valence-electron chi connectivity index (χ2n) is 7.96. The van der Waals surface area contributed by atoms with Crippen LogP contribution in [-0.2, 0) is 23.8 Å². The number of carbonyl (C=O) groups excluding carboxylic acids is 3. The maximum Gasteiger partial charge on any atom is 0.355 e. The van der Waals surface area contributed by atoms with Crippen molar-refractivity contribution >= 4 is 35.2 Å². The Morgan fingerprint density at radius 3 is 2.22 bits per heavy atom. The third kappa shape index (κ3) is 4.90. The number of nitrogens with zero attached hydrogens (tertiary/aromatic N) is 2. The summed E-state index contributed by atoms with van der Waals surface area (Å²) >= 11 is 6.48. The molecule has 0 fully saturated rings. The van der Waals surface area contributed by atoms with E-state index in [2.05, 4.69) is 6.07 Å². The van der Waals surface area contributed by atoms with E-state index in [1.54, 1.807) is 44.2 Å². The Balaban J connectivity index is 2.39. The highest BCUT2D eigenvalue weighted by Crippen LogP contribution is 2.44. The summed E-state index contributed by atoms with van der Waals surface area (Å²) < 4.78 is 15.3. The lowest BCUT2D eigenvalue weighted by molar-refractivity contribution is -0.139. The first kappa shape index (κ1) is 26.3. The summed E-state index contributed by atoms with van der Waals surface area (Å²) in [6.07, 6.45) is -0.384. The lowest BCUT2D eigenvalue weighted by Crippen LogP contribution is -2.41. The third-order valence-electron chi connectivity index (χ3n) is 5.38. The second kappa shape index (κ2) is 11.0. The molecule has 1 aliphatic heterocycles. The number of carbonyl (C=O) groups is 3. The summed E-state index contributed by atoms with van der Waals surface area (Å²) in [6, 6.07) is 14.9. The van der Waals surface area contributed by atoms with Crippen LogP contribution in [0.5, 0.6) is 0 Å². The van der Waals surface area contributed by atoms with E-state index < -0.39 is 23.8 Å². The largest absolute Gasteiger partial charge is 0.466 e. The molecule has 2 N–H and O–H groups in total. The number of methoxy groups -OCH3 is 2. The number of halogens is 1. The van der Waals surface area contributed by atoms with Gasteiger partial charge in [0.2, 0.25) is 0 Å². The predicted molar refractivity (Wildman–Crippen MR) is 132 cm³/mol. The van der Waals surface area contributed by atoms with E-state index in [4.69, 9.17) is 31.5 Å². The predicted octanol–water partition coefficient (Wildman–Crippen LogP) is 3.80. The zero-order valence-corrected chi connectivity index (χ0v) is 20.8. The van der Waals surface area contributed by atoms with Gasteiger partial charge in [-0.3, -0.25) is 4.90 Å². The molecule has 1 unspecified atom stereocenters. The molecule has 0 radical (unpaired) electrons. The fourth-order valence-electron chi connectivity index (χ4n) is 3.86. The van der Waals surface area contributed by atoms with Crippen molar-refractivity contribution in [2.24, 2.45) is 5.73 Å². The Morgan fingerprint density at radius 2 is 1.67 bits per heavy atom. The Labute approximate surface area is 213 Å². The SMILES string of the molecule is COC(=O)C1=C(C(=O)OC)N(c2cc(C(=O)OC(C)C)ccc2Cl)C(N)=C(C#N)C1c1ccccc1. The van der Waals surface area contributed by atoms with E-state index in [0.29, 0.717) is 5.56 Å². The van der Waals surface area contributed by atoms with Gasteiger partial charge in [0.05, 0.1) is 59.7 Å². The average molecular weight is 510 g/mol. The molecular weight excluding hydrogens is 486 g/mol. The Hall–Kier alpha value is -4.29. The summed E-state index contributed by atoms with van der Waals surface area (Å²) in [6.45, 7) is 3.40. The maximum absolute atomic E-state index is 13.1. The van der Waals surface area contributed by atoms with Gasteiger partial charge in [0.1, 0.15) is 11.5 Å². The lowest BCUT2D eigenvalue weighted by atomic mass is 9.81. The van der Waals surface area contributed by atoms with Crippen molar-refractivity contribution in [2.75, 3.05) is 19.1 Å². The molecule has 1 heterocycles. The van der Waals surface area contributed by atoms with Crippen LogP contribution in [0.25, 0.3) is 0 Å². The van der Waals surface area contributed by atoms with Crippen molar-refractivity contribution in [3.05, 3.63) is 87.3 Å². The van der Waals surface area contributed by atoms with Gasteiger partial charge in [0.25, 0.3) is 0 Å². The van der Waals surface area contributed by atoms with E-state index in [1.807, 2.05) is 0 Å². The molecule has 1 aliphatic rings. The van der Waals surface area contributed by atoms with Crippen LogP contribution in [0.2, 0.25) is 5.02 Å². The summed E-state index contributed by atoms with van der Waals surface area (Å²) in [5.41, 5.74) is 6.67. The van der Waals surface area contributed by atoms with E-state index >= 15 is 0 Å². The first-order valence-electron chi connectivity index (χ1n) is 10.8. The highest BCUT2D eigenvalue weighted by Gasteiger charge is 2.43. The Bertz CT molecular complexity index is 1310. The van der Waals surface area contributed by atoms with Crippen LogP contribution < -0.4 is 10.6 Å². The third-order valence-corrected chi connectivity index (χ3v) is 5.70. The van der Waals surface area contributed by atoms with Crippen molar-refractivity contribution in [1.29, 1.82) is 5.26 Å². The van der Waals surface area contributed by atoms with Gasteiger partial charge in [0.15, 0.2) is 0 Å². The zero-order valence-electron chi connectivity index (χ0n) is 20.1. The molecule has 0 bridgehead atoms. The Kier molecular flexibility index (Phi) is 8.02. The van der Waals surface area contributed by atoms with Crippen molar-refractivity contribution in [3.63, 3.8) is 0 Å². The summed E-state index contributed by atoms with van der Waals surface area (Å²) in [7, 11) is 2.29. The van der Waals surface area contributed by atoms with Gasteiger partial charge in [-0.1, -0.05) is 41.9 Å². The van der Waals surface area contributed by atoms with E-state index in [0.717, 1.165) is 19.1 Å². The normalized spacial score (nSPS) is 15.5. The topological polar surface area (TPSA) is 132 Å².